The molecule has 6 nitrogen and oxygen atoms in total. The lowest BCUT2D eigenvalue weighted by molar-refractivity contribution is -0.123. The molecule has 10 heteroatoms. The minimum atomic E-state index is -1.47. The van der Waals surface area contributed by atoms with Crippen LogP contribution in [0, 0.1) is 22.6 Å². The van der Waals surface area contributed by atoms with Gasteiger partial charge in [-0.1, -0.05) is 73.8 Å². The molecule has 0 radical (unpaired) electrons. The van der Waals surface area contributed by atoms with Gasteiger partial charge in [-0.05, 0) is 47.6 Å². The summed E-state index contributed by atoms with van der Waals surface area (Å²) in [6.07, 6.45) is -0.397. The fraction of sp³-hybridized carbons (Fsp3) is 0.481. The maximum atomic E-state index is 15.6. The van der Waals surface area contributed by atoms with Crippen LogP contribution in [0.5, 0.6) is 0 Å². The number of nitriles is 1. The van der Waals surface area contributed by atoms with Gasteiger partial charge in [-0.15, -0.1) is 0 Å². The number of halogens is 4. The molecule has 1 heterocycles. The van der Waals surface area contributed by atoms with E-state index in [2.05, 4.69) is 16.7 Å². The van der Waals surface area contributed by atoms with Crippen molar-refractivity contribution < 1.29 is 19.4 Å². The molecule has 0 saturated carbocycles. The van der Waals surface area contributed by atoms with Crippen LogP contribution in [0.25, 0.3) is 0 Å². The summed E-state index contributed by atoms with van der Waals surface area (Å²) in [5.74, 6) is -2.20. The molecule has 1 aliphatic heterocycles. The number of carbonyl (C=O) groups excluding carboxylic acids is 1. The van der Waals surface area contributed by atoms with E-state index in [1.54, 1.807) is 18.2 Å². The lowest BCUT2D eigenvalue weighted by Gasteiger charge is -2.37. The third kappa shape index (κ3) is 6.22. The fourth-order valence-corrected chi connectivity index (χ4v) is 5.87. The standard InChI is InChI=1S/C27H31Cl3FN3O3/c1-26(2,3)12-21-27(14-32,18-8-7-15(28)11-20(18)30)22(17-5-4-6-19(29)23(17)31)24(34-21)25(37)33-10-9-16(36)13-35/h4-8,11,16,21-22,24,34-36H,9-10,12-13H2,1-3H3,(H,33,37)/t16-,21+,22+,24-,27+/m0/s1. The van der Waals surface area contributed by atoms with Crippen molar-refractivity contribution in [3.8, 4) is 6.07 Å². The molecular formula is C27H31Cl3FN3O3. The number of carbonyl (C=O) groups is 1. The van der Waals surface area contributed by atoms with Crippen LogP contribution in [0.15, 0.2) is 36.4 Å². The second-order valence-corrected chi connectivity index (χ2v) is 11.9. The van der Waals surface area contributed by atoms with Gasteiger partial charge >= 0.3 is 0 Å². The number of aliphatic hydroxyl groups excluding tert-OH is 2. The molecule has 1 aliphatic rings. The summed E-state index contributed by atoms with van der Waals surface area (Å²) in [7, 11) is 0. The number of rotatable bonds is 8. The average molecular weight is 571 g/mol. The van der Waals surface area contributed by atoms with E-state index in [1.165, 1.54) is 18.2 Å². The Kier molecular flexibility index (Phi) is 9.50. The lowest BCUT2D eigenvalue weighted by atomic mass is 9.63. The molecule has 0 spiro atoms. The molecule has 1 saturated heterocycles. The maximum absolute atomic E-state index is 15.6. The van der Waals surface area contributed by atoms with Gasteiger partial charge in [0.1, 0.15) is 11.2 Å². The third-order valence-corrected chi connectivity index (χ3v) is 7.56. The van der Waals surface area contributed by atoms with Gasteiger partial charge in [-0.3, -0.25) is 4.79 Å². The van der Waals surface area contributed by atoms with Crippen molar-refractivity contribution in [2.45, 2.75) is 63.1 Å². The topological polar surface area (TPSA) is 105 Å². The number of hydrogen-bond donors (Lipinski definition) is 4. The minimum Gasteiger partial charge on any atom is -0.394 e. The number of nitrogens with zero attached hydrogens (tertiary/aromatic N) is 1. The van der Waals surface area contributed by atoms with Crippen LogP contribution < -0.4 is 10.6 Å². The molecule has 5 atom stereocenters. The van der Waals surface area contributed by atoms with Gasteiger partial charge in [0.15, 0.2) is 0 Å². The second-order valence-electron chi connectivity index (χ2n) is 10.6. The van der Waals surface area contributed by atoms with Crippen LogP contribution in [0.3, 0.4) is 0 Å². The van der Waals surface area contributed by atoms with Gasteiger partial charge in [0.05, 0.1) is 29.8 Å². The highest BCUT2D eigenvalue weighted by Crippen LogP contribution is 2.53. The zero-order valence-electron chi connectivity index (χ0n) is 20.9. The van der Waals surface area contributed by atoms with Gasteiger partial charge in [0, 0.05) is 28.5 Å². The Bertz CT molecular complexity index is 1180. The summed E-state index contributed by atoms with van der Waals surface area (Å²) >= 11 is 19.0. The fourth-order valence-electron chi connectivity index (χ4n) is 5.12. The number of benzene rings is 2. The van der Waals surface area contributed by atoms with Gasteiger partial charge in [0.2, 0.25) is 5.91 Å². The number of aliphatic hydroxyl groups is 2. The molecule has 200 valence electrons. The number of amides is 1. The summed E-state index contributed by atoms with van der Waals surface area (Å²) in [6.45, 7) is 5.68. The summed E-state index contributed by atoms with van der Waals surface area (Å²) < 4.78 is 15.6. The molecular weight excluding hydrogens is 540 g/mol. The van der Waals surface area contributed by atoms with Gasteiger partial charge in [-0.2, -0.15) is 5.26 Å². The highest BCUT2D eigenvalue weighted by Gasteiger charge is 2.60. The molecule has 2 aromatic carbocycles. The molecule has 0 aromatic heterocycles. The predicted octanol–water partition coefficient (Wildman–Crippen LogP) is 4.97. The molecule has 0 unspecified atom stereocenters. The van der Waals surface area contributed by atoms with Crippen molar-refractivity contribution in [3.63, 3.8) is 0 Å². The van der Waals surface area contributed by atoms with Crippen LogP contribution in [-0.2, 0) is 10.2 Å². The number of nitrogens with one attached hydrogen (secondary N) is 2. The van der Waals surface area contributed by atoms with Gasteiger partial charge < -0.3 is 20.8 Å². The van der Waals surface area contributed by atoms with Crippen LogP contribution in [0.4, 0.5) is 4.39 Å². The molecule has 3 rings (SSSR count). The molecule has 0 bridgehead atoms. The zero-order chi connectivity index (χ0) is 27.5. The maximum Gasteiger partial charge on any atom is 0.237 e. The normalized spacial score (nSPS) is 24.5. The van der Waals surface area contributed by atoms with Gasteiger partial charge in [0.25, 0.3) is 0 Å². The quantitative estimate of drug-likeness (QED) is 0.359. The Morgan fingerprint density at radius 2 is 1.95 bits per heavy atom. The lowest BCUT2D eigenvalue weighted by Crippen LogP contribution is -2.46. The van der Waals surface area contributed by atoms with Crippen LogP contribution in [0.1, 0.15) is 50.7 Å². The Labute approximate surface area is 231 Å². The van der Waals surface area contributed by atoms with Crippen LogP contribution in [-0.4, -0.2) is 47.5 Å². The molecule has 0 aliphatic carbocycles. The van der Waals surface area contributed by atoms with E-state index in [-0.39, 0.29) is 34.0 Å². The highest BCUT2D eigenvalue weighted by molar-refractivity contribution is 6.35. The van der Waals surface area contributed by atoms with Crippen molar-refractivity contribution in [2.24, 2.45) is 5.41 Å². The van der Waals surface area contributed by atoms with Crippen molar-refractivity contribution in [2.75, 3.05) is 13.2 Å². The Balaban J connectivity index is 2.24. The SMILES string of the molecule is CC(C)(C)C[C@H]1N[C@H](C(=O)NCC[C@H](O)CO)[C@@H](c2cccc(Cl)c2F)[C@]1(C#N)c1ccc(Cl)cc1Cl. The minimum absolute atomic E-state index is 0.0781. The molecule has 2 aromatic rings. The van der Waals surface area contributed by atoms with Crippen molar-refractivity contribution in [1.29, 1.82) is 5.26 Å². The third-order valence-electron chi connectivity index (χ3n) is 6.72. The molecule has 4 N–H and O–H groups in total. The van der Waals surface area contributed by atoms with Crippen molar-refractivity contribution in [3.05, 3.63) is 68.4 Å². The van der Waals surface area contributed by atoms with Crippen molar-refractivity contribution in [1.82, 2.24) is 10.6 Å². The first kappa shape index (κ1) is 29.6. The van der Waals surface area contributed by atoms with E-state index in [4.69, 9.17) is 39.9 Å². The van der Waals surface area contributed by atoms with Crippen molar-refractivity contribution >= 4 is 40.7 Å². The Morgan fingerprint density at radius 3 is 2.54 bits per heavy atom. The summed E-state index contributed by atoms with van der Waals surface area (Å²) in [4.78, 5) is 13.5. The first-order chi connectivity index (χ1) is 17.4. The second kappa shape index (κ2) is 11.9. The van der Waals surface area contributed by atoms with Gasteiger partial charge in [-0.25, -0.2) is 4.39 Å². The Hall–Kier alpha value is -1.92. The molecule has 1 amide bonds. The first-order valence-electron chi connectivity index (χ1n) is 12.0. The van der Waals surface area contributed by atoms with E-state index in [9.17, 15) is 15.2 Å². The average Bonchev–Trinajstić information content (AvgIpc) is 3.13. The van der Waals surface area contributed by atoms with E-state index < -0.39 is 47.9 Å². The first-order valence-corrected chi connectivity index (χ1v) is 13.1. The van der Waals surface area contributed by atoms with E-state index in [0.29, 0.717) is 17.0 Å². The number of hydrogen-bond acceptors (Lipinski definition) is 5. The summed E-state index contributed by atoms with van der Waals surface area (Å²) in [5.41, 5.74) is -1.20. The Morgan fingerprint density at radius 1 is 1.24 bits per heavy atom. The van der Waals surface area contributed by atoms with E-state index >= 15 is 4.39 Å². The van der Waals surface area contributed by atoms with Crippen LogP contribution in [0.2, 0.25) is 15.1 Å². The monoisotopic (exact) mass is 569 g/mol. The predicted molar refractivity (Wildman–Crippen MR) is 143 cm³/mol. The largest absolute Gasteiger partial charge is 0.394 e. The summed E-state index contributed by atoms with van der Waals surface area (Å²) in [6, 6.07) is 10.1. The van der Waals surface area contributed by atoms with E-state index in [0.717, 1.165) is 0 Å². The molecule has 1 fully saturated rings. The smallest absolute Gasteiger partial charge is 0.237 e. The van der Waals surface area contributed by atoms with Crippen LogP contribution >= 0.6 is 34.8 Å². The summed E-state index contributed by atoms with van der Waals surface area (Å²) in [5, 5.41) is 36.2. The van der Waals surface area contributed by atoms with E-state index in [1.807, 2.05) is 20.8 Å². The zero-order valence-corrected chi connectivity index (χ0v) is 23.1. The molecule has 37 heavy (non-hydrogen) atoms. The highest BCUT2D eigenvalue weighted by atomic mass is 35.5.